The summed E-state index contributed by atoms with van der Waals surface area (Å²) in [5, 5.41) is 0. The molecule has 16 aromatic rings. The maximum absolute atomic E-state index is 2.66. The molecular weight excluding hydrogens is 1610 g/mol. The third-order valence-corrected chi connectivity index (χ3v) is 30.9. The molecular formula is C122H151N10+5. The minimum absolute atomic E-state index is 0.155. The van der Waals surface area contributed by atoms with Crippen LogP contribution in [0.3, 0.4) is 0 Å². The second kappa shape index (κ2) is 40.3. The number of para-hydroxylation sites is 10. The monoisotopic (exact) mass is 1760 g/mol. The fraction of sp³-hybridized carbons (Fsp3) is 0.418. The van der Waals surface area contributed by atoms with E-state index in [1.54, 1.807) is 0 Å². The minimum atomic E-state index is 0.155. The fourth-order valence-electron chi connectivity index (χ4n) is 23.5. The third-order valence-electron chi connectivity index (χ3n) is 30.9. The van der Waals surface area contributed by atoms with Crippen molar-refractivity contribution in [1.29, 1.82) is 0 Å². The number of hydrogen-bond donors (Lipinski definition) is 0. The molecule has 0 bridgehead atoms. The van der Waals surface area contributed by atoms with Gasteiger partial charge >= 0.3 is 0 Å². The summed E-state index contributed by atoms with van der Waals surface area (Å²) in [5.41, 5.74) is 37.0. The molecule has 132 heavy (non-hydrogen) atoms. The third kappa shape index (κ3) is 18.7. The average molecular weight is 1760 g/mol. The highest BCUT2D eigenvalue weighted by atomic mass is 15.2. The van der Waals surface area contributed by atoms with Crippen LogP contribution in [0.15, 0.2) is 237 Å². The van der Waals surface area contributed by atoms with Crippen molar-refractivity contribution in [2.45, 2.75) is 298 Å². The van der Waals surface area contributed by atoms with Gasteiger partial charge in [-0.2, -0.15) is 0 Å². The Labute approximate surface area is 789 Å². The molecule has 0 amide bonds. The first-order chi connectivity index (χ1) is 63.8. The second-order valence-corrected chi connectivity index (χ2v) is 41.7. The van der Waals surface area contributed by atoms with Crippen LogP contribution in [-0.2, 0) is 40.7 Å². The lowest BCUT2D eigenvalue weighted by Gasteiger charge is -2.23. The molecule has 5 aromatic heterocycles. The summed E-state index contributed by atoms with van der Waals surface area (Å²) in [7, 11) is 11.2. The van der Waals surface area contributed by atoms with Crippen molar-refractivity contribution in [3.8, 4) is 68.1 Å². The zero-order valence-corrected chi connectivity index (χ0v) is 83.5. The molecule has 0 saturated heterocycles. The summed E-state index contributed by atoms with van der Waals surface area (Å²) in [6.07, 6.45) is 32.0. The first-order valence-corrected chi connectivity index (χ1v) is 50.9. The van der Waals surface area contributed by atoms with Crippen molar-refractivity contribution < 1.29 is 22.8 Å². The van der Waals surface area contributed by atoms with Gasteiger partial charge in [-0.25, -0.2) is 45.7 Å². The normalized spacial score (nSPS) is 15.7. The van der Waals surface area contributed by atoms with Crippen LogP contribution >= 0.6 is 0 Å². The van der Waals surface area contributed by atoms with E-state index in [4.69, 9.17) is 0 Å². The first-order valence-electron chi connectivity index (χ1n) is 50.9. The summed E-state index contributed by atoms with van der Waals surface area (Å²) >= 11 is 0. The molecule has 5 saturated carbocycles. The number of nitrogens with zero attached hydrogens (tertiary/aromatic N) is 10. The molecule has 0 atom stereocenters. The quantitative estimate of drug-likeness (QED) is 0.103. The molecule has 21 rings (SSSR count). The number of imidazole rings is 5. The molecule has 0 unspecified atom stereocenters. The van der Waals surface area contributed by atoms with Crippen LogP contribution in [0.2, 0.25) is 0 Å². The van der Waals surface area contributed by atoms with Crippen LogP contribution in [0, 0.1) is 48.5 Å². The zero-order chi connectivity index (χ0) is 92.3. The van der Waals surface area contributed by atoms with Gasteiger partial charge in [-0.1, -0.05) is 225 Å². The molecule has 0 aliphatic heterocycles. The van der Waals surface area contributed by atoms with Gasteiger partial charge in [0.25, 0.3) is 29.1 Å². The van der Waals surface area contributed by atoms with Crippen LogP contribution in [-0.4, -0.2) is 22.8 Å². The highest BCUT2D eigenvalue weighted by molar-refractivity contribution is 5.83. The van der Waals surface area contributed by atoms with Crippen molar-refractivity contribution in [2.24, 2.45) is 35.2 Å². The maximum atomic E-state index is 2.66. The van der Waals surface area contributed by atoms with Crippen molar-refractivity contribution in [1.82, 2.24) is 22.8 Å². The number of hydrogen-bond acceptors (Lipinski definition) is 0. The lowest BCUT2D eigenvalue weighted by atomic mass is 9.85. The topological polar surface area (TPSA) is 44.0 Å². The molecule has 0 radical (unpaired) electrons. The van der Waals surface area contributed by atoms with Gasteiger partial charge in [0, 0.05) is 0 Å². The van der Waals surface area contributed by atoms with E-state index in [1.807, 2.05) is 0 Å². The number of fused-ring (bicyclic) bond motifs is 5. The molecule has 10 heteroatoms. The number of rotatable bonds is 13. The van der Waals surface area contributed by atoms with E-state index < -0.39 is 0 Å². The van der Waals surface area contributed by atoms with Crippen molar-refractivity contribution in [3.05, 3.63) is 292 Å². The van der Waals surface area contributed by atoms with Gasteiger partial charge in [0.2, 0.25) is 0 Å². The Bertz CT molecular complexity index is 6760. The maximum Gasteiger partial charge on any atom is 0.290 e. The van der Waals surface area contributed by atoms with Crippen molar-refractivity contribution >= 4 is 55.2 Å². The largest absolute Gasteiger partial charge is 0.290 e. The number of aromatic nitrogens is 10. The van der Waals surface area contributed by atoms with E-state index in [9.17, 15) is 0 Å². The molecule has 5 aliphatic rings. The Kier molecular flexibility index (Phi) is 28.3. The lowest BCUT2D eigenvalue weighted by molar-refractivity contribution is -0.634. The van der Waals surface area contributed by atoms with E-state index in [-0.39, 0.29) is 5.41 Å². The molecule has 11 aromatic carbocycles. The smallest absolute Gasteiger partial charge is 0.226 e. The second-order valence-electron chi connectivity index (χ2n) is 41.7. The van der Waals surface area contributed by atoms with Gasteiger partial charge in [0.15, 0.2) is 55.2 Å². The molecule has 684 valence electrons. The average Bonchev–Trinajstić information content (AvgIpc) is 1.62. The van der Waals surface area contributed by atoms with Crippen LogP contribution in [0.5, 0.6) is 0 Å². The Morgan fingerprint density at radius 1 is 0.250 bits per heavy atom. The highest BCUT2D eigenvalue weighted by Gasteiger charge is 2.39. The SMILES string of the molecule is Cc1cc(C(C)C)c(C)cc1-c1n(C2CCCC2)c2ccccc2[n+]1C.Cc1ccc(-c2ccccc2)cc1-c1n(C2CCCCC2)c2ccccc2[n+]1C.Cc1ccc(C(C)(C)C)cc1-c1n(C2CCCCC2)c2ccccc2[n+]1C.Cc1ccc(C(C)C)cc1-c1n(C2CCCCC2)c2ccccc2[n+]1C.Cc1ccc(C)c(-c2n(C3CCCCC3)c3ccccc3[n+]2C)c1. The molecule has 0 N–H and O–H groups in total. The van der Waals surface area contributed by atoms with E-state index in [0.29, 0.717) is 42.0 Å². The summed E-state index contributed by atoms with van der Waals surface area (Å²) in [4.78, 5) is 0. The van der Waals surface area contributed by atoms with Crippen LogP contribution in [0.1, 0.15) is 300 Å². The molecule has 5 heterocycles. The van der Waals surface area contributed by atoms with E-state index in [2.05, 4.69) is 414 Å². The molecule has 10 nitrogen and oxygen atoms in total. The van der Waals surface area contributed by atoms with Crippen molar-refractivity contribution in [3.63, 3.8) is 0 Å². The Morgan fingerprint density at radius 3 is 0.879 bits per heavy atom. The van der Waals surface area contributed by atoms with Gasteiger partial charge in [-0.3, -0.25) is 0 Å². The predicted octanol–water partition coefficient (Wildman–Crippen LogP) is 30.2. The van der Waals surface area contributed by atoms with Gasteiger partial charge in [-0.15, -0.1) is 0 Å². The van der Waals surface area contributed by atoms with Gasteiger partial charge in [0.1, 0.15) is 30.2 Å². The van der Waals surface area contributed by atoms with Gasteiger partial charge < -0.3 is 0 Å². The number of benzene rings is 11. The van der Waals surface area contributed by atoms with Crippen LogP contribution < -0.4 is 22.8 Å². The van der Waals surface area contributed by atoms with Gasteiger partial charge in [-0.05, 0) is 346 Å². The Morgan fingerprint density at radius 2 is 0.538 bits per heavy atom. The Hall–Kier alpha value is -11.2. The molecule has 5 fully saturated rings. The number of aryl methyl sites for hydroxylation is 12. The predicted molar refractivity (Wildman–Crippen MR) is 554 cm³/mol. The van der Waals surface area contributed by atoms with Crippen LogP contribution in [0.4, 0.5) is 0 Å². The lowest BCUT2D eigenvalue weighted by Crippen LogP contribution is -2.31. The zero-order valence-electron chi connectivity index (χ0n) is 83.5. The Balaban J connectivity index is 0.000000115. The van der Waals surface area contributed by atoms with Gasteiger partial charge in [0.05, 0.1) is 63.1 Å². The van der Waals surface area contributed by atoms with E-state index >= 15 is 0 Å². The van der Waals surface area contributed by atoms with Crippen LogP contribution in [0.25, 0.3) is 123 Å². The van der Waals surface area contributed by atoms with E-state index in [1.165, 1.54) is 333 Å². The standard InChI is InChI=1S/C27H29N2.C25H33N2.2C24H31N2.C22H27N2/c1-20-17-18-22(21-11-5-3-6-12-21)19-24(20)27-28(2)25-15-9-10-16-26(25)29(27)23-13-7-4-8-14-23;1-18-15-16-19(25(2,3)4)17-21(18)24-26(5)22-13-9-10-14-23(22)27(24)20-11-7-6-8-12-20;1-16(2)20-14-18(4)21(15-17(20)3)24-25(5)22-12-8-9-13-23(22)26(24)19-10-6-7-11-19;1-17(2)19-15-14-18(3)21(16-19)24-25(4)22-12-8-9-13-23(22)26(24)20-10-6-5-7-11-20;1-16-13-14-17(2)19(15-16)22-23(3)20-11-7-8-12-21(20)24(22)18-9-5-4-6-10-18/h3,5-6,9-12,15-19,23H,4,7-8,13-14H2,1-2H3;9-10,13-17,20H,6-8,11-12H2,1-5H3;8-9,12-16,19H,6-7,10-11H2,1-5H3;8-9,12-17,20H,5-7,10-11H2,1-4H3;7-8,11-15,18H,4-6,9-10H2,1-3H3/q5*+1. The molecule has 0 spiro atoms. The summed E-state index contributed by atoms with van der Waals surface area (Å²) in [6.45, 7) is 31.8. The first kappa shape index (κ1) is 92.6. The minimum Gasteiger partial charge on any atom is -0.226 e. The summed E-state index contributed by atoms with van der Waals surface area (Å²) in [5.74, 6) is 7.93. The molecule has 5 aliphatic carbocycles. The summed E-state index contributed by atoms with van der Waals surface area (Å²) in [6, 6.07) is 90.9. The van der Waals surface area contributed by atoms with Crippen molar-refractivity contribution in [2.75, 3.05) is 0 Å². The summed E-state index contributed by atoms with van der Waals surface area (Å²) < 4.78 is 25.3. The van der Waals surface area contributed by atoms with E-state index in [0.717, 1.165) is 0 Å². The highest BCUT2D eigenvalue weighted by Crippen LogP contribution is 2.45. The fourth-order valence-corrected chi connectivity index (χ4v) is 23.5.